The summed E-state index contributed by atoms with van der Waals surface area (Å²) in [6, 6.07) is 15.5. The molecule has 1 aliphatic rings. The number of nitrogens with one attached hydrogen (secondary N) is 2. The maximum Gasteiger partial charge on any atom is 0.323 e. The van der Waals surface area contributed by atoms with Crippen LogP contribution in [0.1, 0.15) is 6.42 Å². The van der Waals surface area contributed by atoms with Crippen molar-refractivity contribution in [3.8, 4) is 23.0 Å². The van der Waals surface area contributed by atoms with Gasteiger partial charge in [-0.15, -0.1) is 0 Å². The van der Waals surface area contributed by atoms with E-state index in [1.807, 2.05) is 0 Å². The first-order chi connectivity index (χ1) is 20.0. The van der Waals surface area contributed by atoms with E-state index in [0.717, 1.165) is 39.3 Å². The van der Waals surface area contributed by atoms with Crippen molar-refractivity contribution in [3.05, 3.63) is 77.7 Å². The number of pyridine rings is 1. The average molecular weight is 581 g/mol. The predicted octanol–water partition coefficient (Wildman–Crippen LogP) is 6.57. The molecule has 9 nitrogen and oxygen atoms in total. The molecule has 3 aromatic carbocycles. The monoisotopic (exact) mass is 580 g/mol. The van der Waals surface area contributed by atoms with Gasteiger partial charge in [0.1, 0.15) is 5.75 Å². The minimum Gasteiger partial charge on any atom is -0.493 e. The highest BCUT2D eigenvalue weighted by molar-refractivity contribution is 6.30. The standard InChI is InChI=1S/C30H30ClFN4O5/c1-38-28-18-23-25(19-29(28)40-14-2-11-36-12-15-39-16-13-36)33-10-9-26(23)41-27-8-7-22(17-24(27)32)35-30(37)34-21-5-3-20(31)4-6-21/h3-10,17-19H,2,11-16H2,1H3,(H2,34,35,37). The summed E-state index contributed by atoms with van der Waals surface area (Å²) in [6.07, 6.45) is 2.45. The Morgan fingerprint density at radius 2 is 1.73 bits per heavy atom. The molecule has 0 bridgehead atoms. The lowest BCUT2D eigenvalue weighted by Gasteiger charge is -2.26. The Balaban J connectivity index is 1.24. The number of benzene rings is 3. The molecule has 41 heavy (non-hydrogen) atoms. The molecule has 0 atom stereocenters. The number of hydrogen-bond donors (Lipinski definition) is 2. The highest BCUT2D eigenvalue weighted by Gasteiger charge is 2.15. The number of rotatable bonds is 10. The fourth-order valence-corrected chi connectivity index (χ4v) is 4.52. The first-order valence-corrected chi connectivity index (χ1v) is 13.6. The zero-order valence-corrected chi connectivity index (χ0v) is 23.2. The summed E-state index contributed by atoms with van der Waals surface area (Å²) in [5.74, 6) is 0.834. The van der Waals surface area contributed by atoms with Crippen molar-refractivity contribution < 1.29 is 28.1 Å². The lowest BCUT2D eigenvalue weighted by atomic mass is 10.1. The third kappa shape index (κ3) is 7.55. The number of hydrogen-bond acceptors (Lipinski definition) is 7. The number of amides is 2. The van der Waals surface area contributed by atoms with Crippen molar-refractivity contribution in [1.29, 1.82) is 0 Å². The SMILES string of the molecule is COc1cc2c(Oc3ccc(NC(=O)Nc4ccc(Cl)cc4)cc3F)ccnc2cc1OCCCN1CCOCC1. The van der Waals surface area contributed by atoms with E-state index in [2.05, 4.69) is 20.5 Å². The van der Waals surface area contributed by atoms with Crippen LogP contribution in [0.2, 0.25) is 5.02 Å². The molecule has 2 amide bonds. The second kappa shape index (κ2) is 13.5. The molecule has 1 fully saturated rings. The van der Waals surface area contributed by atoms with E-state index < -0.39 is 11.8 Å². The predicted molar refractivity (Wildman–Crippen MR) is 156 cm³/mol. The molecule has 1 saturated heterocycles. The highest BCUT2D eigenvalue weighted by Crippen LogP contribution is 2.38. The van der Waals surface area contributed by atoms with Crippen molar-refractivity contribution in [2.24, 2.45) is 0 Å². The quantitative estimate of drug-likeness (QED) is 0.205. The highest BCUT2D eigenvalue weighted by atomic mass is 35.5. The van der Waals surface area contributed by atoms with Crippen LogP contribution < -0.4 is 24.8 Å². The maximum atomic E-state index is 15.0. The average Bonchev–Trinajstić information content (AvgIpc) is 2.98. The Kier molecular flexibility index (Phi) is 9.35. The van der Waals surface area contributed by atoms with E-state index in [0.29, 0.717) is 45.5 Å². The van der Waals surface area contributed by atoms with Crippen LogP contribution in [-0.2, 0) is 4.74 Å². The number of carbonyl (C=O) groups is 1. The van der Waals surface area contributed by atoms with Gasteiger partial charge in [0.2, 0.25) is 0 Å². The minimum absolute atomic E-state index is 0.0106. The molecule has 2 N–H and O–H groups in total. The Morgan fingerprint density at radius 1 is 0.976 bits per heavy atom. The van der Waals surface area contributed by atoms with Gasteiger partial charge in [-0.2, -0.15) is 0 Å². The lowest BCUT2D eigenvalue weighted by Crippen LogP contribution is -2.37. The van der Waals surface area contributed by atoms with Gasteiger partial charge in [-0.3, -0.25) is 9.88 Å². The Bertz CT molecular complexity index is 1500. The molecule has 11 heteroatoms. The number of anilines is 2. The zero-order valence-electron chi connectivity index (χ0n) is 22.5. The lowest BCUT2D eigenvalue weighted by molar-refractivity contribution is 0.0357. The molecule has 2 heterocycles. The second-order valence-electron chi connectivity index (χ2n) is 9.32. The van der Waals surface area contributed by atoms with Crippen LogP contribution in [0.15, 0.2) is 66.9 Å². The van der Waals surface area contributed by atoms with Crippen LogP contribution in [0.25, 0.3) is 10.9 Å². The van der Waals surface area contributed by atoms with Gasteiger partial charge in [0.15, 0.2) is 23.1 Å². The smallest absolute Gasteiger partial charge is 0.323 e. The molecule has 0 saturated carbocycles. The van der Waals surface area contributed by atoms with E-state index in [1.54, 1.807) is 61.8 Å². The van der Waals surface area contributed by atoms with E-state index in [9.17, 15) is 9.18 Å². The Labute approximate surface area is 242 Å². The largest absolute Gasteiger partial charge is 0.493 e. The van der Waals surface area contributed by atoms with Gasteiger partial charge in [-0.1, -0.05) is 11.6 Å². The Morgan fingerprint density at radius 3 is 2.49 bits per heavy atom. The third-order valence-electron chi connectivity index (χ3n) is 6.48. The summed E-state index contributed by atoms with van der Waals surface area (Å²) in [4.78, 5) is 19.1. The van der Waals surface area contributed by atoms with Gasteiger partial charge >= 0.3 is 6.03 Å². The van der Waals surface area contributed by atoms with E-state index in [1.165, 1.54) is 12.1 Å². The Hall–Kier alpha value is -4.12. The summed E-state index contributed by atoms with van der Waals surface area (Å²) < 4.78 is 37.9. The molecule has 0 spiro atoms. The van der Waals surface area contributed by atoms with Crippen LogP contribution in [0, 0.1) is 5.82 Å². The number of ether oxygens (including phenoxy) is 4. The number of nitrogens with zero attached hydrogens (tertiary/aromatic N) is 2. The number of aromatic nitrogens is 1. The molecule has 4 aromatic rings. The molecular formula is C30H30ClFN4O5. The molecule has 1 aliphatic heterocycles. The summed E-state index contributed by atoms with van der Waals surface area (Å²) in [5.41, 5.74) is 1.43. The number of methoxy groups -OCH3 is 1. The van der Waals surface area contributed by atoms with Crippen LogP contribution in [0.5, 0.6) is 23.0 Å². The zero-order chi connectivity index (χ0) is 28.6. The summed E-state index contributed by atoms with van der Waals surface area (Å²) in [6.45, 7) is 4.86. The molecule has 0 unspecified atom stereocenters. The molecule has 0 radical (unpaired) electrons. The van der Waals surface area contributed by atoms with E-state index in [4.69, 9.17) is 30.5 Å². The first-order valence-electron chi connectivity index (χ1n) is 13.2. The van der Waals surface area contributed by atoms with Gasteiger partial charge in [-0.05, 0) is 55.0 Å². The van der Waals surface area contributed by atoms with Crippen molar-refractivity contribution >= 4 is 39.9 Å². The fourth-order valence-electron chi connectivity index (χ4n) is 4.39. The van der Waals surface area contributed by atoms with Gasteiger partial charge in [0.25, 0.3) is 0 Å². The van der Waals surface area contributed by atoms with Crippen molar-refractivity contribution in [1.82, 2.24) is 9.88 Å². The van der Waals surface area contributed by atoms with Crippen LogP contribution in [0.3, 0.4) is 0 Å². The van der Waals surface area contributed by atoms with Crippen LogP contribution in [0.4, 0.5) is 20.6 Å². The number of morpholine rings is 1. The van der Waals surface area contributed by atoms with E-state index >= 15 is 0 Å². The molecule has 5 rings (SSSR count). The third-order valence-corrected chi connectivity index (χ3v) is 6.73. The summed E-state index contributed by atoms with van der Waals surface area (Å²) in [5, 5.41) is 6.45. The number of fused-ring (bicyclic) bond motifs is 1. The van der Waals surface area contributed by atoms with Gasteiger partial charge in [-0.25, -0.2) is 9.18 Å². The van der Waals surface area contributed by atoms with Crippen molar-refractivity contribution in [3.63, 3.8) is 0 Å². The van der Waals surface area contributed by atoms with Gasteiger partial charge in [0, 0.05) is 59.7 Å². The van der Waals surface area contributed by atoms with Crippen molar-refractivity contribution in [2.45, 2.75) is 6.42 Å². The van der Waals surface area contributed by atoms with Crippen molar-refractivity contribution in [2.75, 3.05) is 57.2 Å². The minimum atomic E-state index is -0.647. The van der Waals surface area contributed by atoms with Crippen LogP contribution >= 0.6 is 11.6 Å². The van der Waals surface area contributed by atoms with E-state index in [-0.39, 0.29) is 11.4 Å². The topological polar surface area (TPSA) is 94.2 Å². The number of urea groups is 1. The fraction of sp³-hybridized carbons (Fsp3) is 0.267. The molecule has 214 valence electrons. The first kappa shape index (κ1) is 28.4. The summed E-state index contributed by atoms with van der Waals surface area (Å²) >= 11 is 5.87. The molecular weight excluding hydrogens is 551 g/mol. The van der Waals surface area contributed by atoms with Gasteiger partial charge < -0.3 is 29.6 Å². The molecule has 0 aliphatic carbocycles. The maximum absolute atomic E-state index is 15.0. The number of halogens is 2. The van der Waals surface area contributed by atoms with Crippen LogP contribution in [-0.4, -0.2) is 62.5 Å². The second-order valence-corrected chi connectivity index (χ2v) is 9.76. The number of carbonyl (C=O) groups excluding carboxylic acids is 1. The van der Waals surface area contributed by atoms with Gasteiger partial charge in [0.05, 0.1) is 32.4 Å². The summed E-state index contributed by atoms with van der Waals surface area (Å²) in [7, 11) is 1.56. The molecule has 1 aromatic heterocycles. The normalized spacial score (nSPS) is 13.5.